The lowest BCUT2D eigenvalue weighted by molar-refractivity contribution is 0.776. The van der Waals surface area contributed by atoms with Gasteiger partial charge >= 0.3 is 0 Å². The first kappa shape index (κ1) is 16.6. The lowest BCUT2D eigenvalue weighted by atomic mass is 10.1. The number of fused-ring (bicyclic) bond motifs is 3. The average Bonchev–Trinajstić information content (AvgIpc) is 3.09. The molecule has 0 N–H and O–H groups in total. The zero-order valence-corrected chi connectivity index (χ0v) is 15.7. The van der Waals surface area contributed by atoms with Crippen LogP contribution < -0.4 is 0 Å². The number of nitrogens with zero attached hydrogens (tertiary/aromatic N) is 4. The molecule has 0 saturated carbocycles. The summed E-state index contributed by atoms with van der Waals surface area (Å²) in [7, 11) is 2.09. The highest BCUT2D eigenvalue weighted by Gasteiger charge is 2.11. The van der Waals surface area contributed by atoms with Gasteiger partial charge in [-0.2, -0.15) is 0 Å². The first-order valence-electron chi connectivity index (χ1n) is 9.50. The van der Waals surface area contributed by atoms with Gasteiger partial charge in [-0.15, -0.1) is 0 Å². The summed E-state index contributed by atoms with van der Waals surface area (Å²) in [5.41, 5.74) is 5.11. The summed E-state index contributed by atoms with van der Waals surface area (Å²) in [4.78, 5) is 14.2. The van der Waals surface area contributed by atoms with E-state index in [1.807, 2.05) is 24.3 Å². The molecule has 0 aliphatic rings. The summed E-state index contributed by atoms with van der Waals surface area (Å²) >= 11 is 0. The Morgan fingerprint density at radius 2 is 1.61 bits per heavy atom. The molecule has 3 heterocycles. The van der Waals surface area contributed by atoms with E-state index in [0.717, 1.165) is 41.3 Å². The Labute approximate surface area is 163 Å². The molecule has 4 heteroatoms. The maximum atomic E-state index is 4.96. The Bertz CT molecular complexity index is 1270. The molecule has 2 aromatic carbocycles. The van der Waals surface area contributed by atoms with E-state index in [4.69, 9.17) is 9.97 Å². The fourth-order valence-electron chi connectivity index (χ4n) is 3.71. The number of hydrogen-bond acceptors (Lipinski definition) is 3. The smallest absolute Gasteiger partial charge is 0.110 e. The van der Waals surface area contributed by atoms with Crippen LogP contribution in [0.1, 0.15) is 11.5 Å². The Kier molecular flexibility index (Phi) is 4.09. The molecule has 4 nitrogen and oxygen atoms in total. The average molecular weight is 364 g/mol. The van der Waals surface area contributed by atoms with E-state index in [1.54, 1.807) is 6.20 Å². The van der Waals surface area contributed by atoms with E-state index in [2.05, 4.69) is 65.1 Å². The third-order valence-corrected chi connectivity index (χ3v) is 5.21. The van der Waals surface area contributed by atoms with Crippen LogP contribution in [0.3, 0.4) is 0 Å². The molecule has 5 rings (SSSR count). The number of pyridine rings is 2. The van der Waals surface area contributed by atoms with E-state index in [9.17, 15) is 0 Å². The second kappa shape index (κ2) is 6.89. The monoisotopic (exact) mass is 364 g/mol. The Balaban J connectivity index is 1.45. The Hall–Kier alpha value is -3.53. The highest BCUT2D eigenvalue weighted by atomic mass is 15.1. The third-order valence-electron chi connectivity index (χ3n) is 5.21. The van der Waals surface area contributed by atoms with E-state index >= 15 is 0 Å². The predicted molar refractivity (Wildman–Crippen MR) is 113 cm³/mol. The van der Waals surface area contributed by atoms with Gasteiger partial charge in [-0.1, -0.05) is 42.5 Å². The van der Waals surface area contributed by atoms with Crippen molar-refractivity contribution in [3.8, 4) is 11.4 Å². The highest BCUT2D eigenvalue weighted by Crippen LogP contribution is 2.25. The van der Waals surface area contributed by atoms with Gasteiger partial charge in [0.2, 0.25) is 0 Å². The van der Waals surface area contributed by atoms with Crippen molar-refractivity contribution in [2.45, 2.75) is 12.8 Å². The van der Waals surface area contributed by atoms with Crippen molar-refractivity contribution in [3.05, 3.63) is 90.5 Å². The predicted octanol–water partition coefficient (Wildman–Crippen LogP) is 4.97. The van der Waals surface area contributed by atoms with Crippen molar-refractivity contribution in [2.75, 3.05) is 0 Å². The minimum absolute atomic E-state index is 0.843. The lowest BCUT2D eigenvalue weighted by Gasteiger charge is -2.05. The van der Waals surface area contributed by atoms with Crippen LogP contribution in [-0.2, 0) is 19.9 Å². The van der Waals surface area contributed by atoms with Gasteiger partial charge in [0.15, 0.2) is 0 Å². The number of hydrogen-bond donors (Lipinski definition) is 0. The molecule has 0 aliphatic heterocycles. The molecule has 0 atom stereocenters. The van der Waals surface area contributed by atoms with Gasteiger partial charge in [0.25, 0.3) is 0 Å². The Morgan fingerprint density at radius 3 is 2.50 bits per heavy atom. The zero-order valence-electron chi connectivity index (χ0n) is 15.7. The van der Waals surface area contributed by atoms with E-state index in [1.165, 1.54) is 16.3 Å². The van der Waals surface area contributed by atoms with Gasteiger partial charge in [-0.05, 0) is 42.1 Å². The number of benzene rings is 2. The van der Waals surface area contributed by atoms with Gasteiger partial charge in [0.1, 0.15) is 5.82 Å². The maximum Gasteiger partial charge on any atom is 0.110 e. The number of rotatable bonds is 4. The van der Waals surface area contributed by atoms with Gasteiger partial charge in [0.05, 0.1) is 22.4 Å². The summed E-state index contributed by atoms with van der Waals surface area (Å²) in [6.45, 7) is 0. The van der Waals surface area contributed by atoms with Gasteiger partial charge in [-0.25, -0.2) is 4.98 Å². The molecular weight excluding hydrogens is 344 g/mol. The fourth-order valence-corrected chi connectivity index (χ4v) is 3.71. The second-order valence-corrected chi connectivity index (χ2v) is 6.97. The van der Waals surface area contributed by atoms with Gasteiger partial charge < -0.3 is 4.57 Å². The highest BCUT2D eigenvalue weighted by molar-refractivity contribution is 6.04. The first-order valence-corrected chi connectivity index (χ1v) is 9.50. The largest absolute Gasteiger partial charge is 0.331 e. The van der Waals surface area contributed by atoms with Crippen molar-refractivity contribution in [2.24, 2.45) is 7.05 Å². The van der Waals surface area contributed by atoms with Crippen LogP contribution in [0.4, 0.5) is 0 Å². The van der Waals surface area contributed by atoms with Gasteiger partial charge in [-0.3, -0.25) is 9.97 Å². The molecular formula is C24H20N4. The second-order valence-electron chi connectivity index (χ2n) is 6.97. The van der Waals surface area contributed by atoms with Crippen molar-refractivity contribution in [1.29, 1.82) is 0 Å². The third kappa shape index (κ3) is 2.93. The number of imidazole rings is 1. The van der Waals surface area contributed by atoms with Crippen LogP contribution >= 0.6 is 0 Å². The van der Waals surface area contributed by atoms with Crippen molar-refractivity contribution in [1.82, 2.24) is 19.5 Å². The SMILES string of the molecule is Cn1c(CCc2cccc(-c3ccccn3)n2)nc2c3ccccc3ccc21. The summed E-state index contributed by atoms with van der Waals surface area (Å²) in [5.74, 6) is 1.08. The lowest BCUT2D eigenvalue weighted by Crippen LogP contribution is -2.02. The number of aromatic nitrogens is 4. The van der Waals surface area contributed by atoms with Crippen LogP contribution in [0.25, 0.3) is 33.2 Å². The van der Waals surface area contributed by atoms with Crippen molar-refractivity contribution >= 4 is 21.8 Å². The first-order chi connectivity index (χ1) is 13.8. The summed E-state index contributed by atoms with van der Waals surface area (Å²) in [5, 5.41) is 2.43. The zero-order chi connectivity index (χ0) is 18.9. The number of aryl methyl sites for hydroxylation is 3. The molecule has 3 aromatic heterocycles. The van der Waals surface area contributed by atoms with Crippen LogP contribution in [0, 0.1) is 0 Å². The van der Waals surface area contributed by atoms with Gasteiger partial charge in [0, 0.05) is 30.7 Å². The minimum Gasteiger partial charge on any atom is -0.331 e. The van der Waals surface area contributed by atoms with E-state index in [0.29, 0.717) is 0 Å². The molecule has 0 spiro atoms. The van der Waals surface area contributed by atoms with Crippen molar-refractivity contribution in [3.63, 3.8) is 0 Å². The standard InChI is InChI=1S/C24H20N4/c1-28-22-14-12-17-7-2-3-9-19(17)24(22)27-23(28)15-13-18-8-6-11-21(26-18)20-10-4-5-16-25-20/h2-12,14,16H,13,15H2,1H3. The molecule has 0 radical (unpaired) electrons. The van der Waals surface area contributed by atoms with E-state index < -0.39 is 0 Å². The summed E-state index contributed by atoms with van der Waals surface area (Å²) < 4.78 is 2.20. The van der Waals surface area contributed by atoms with Crippen LogP contribution in [0.2, 0.25) is 0 Å². The maximum absolute atomic E-state index is 4.96. The molecule has 0 aliphatic carbocycles. The molecule has 0 fully saturated rings. The molecule has 0 amide bonds. The van der Waals surface area contributed by atoms with Crippen molar-refractivity contribution < 1.29 is 0 Å². The molecule has 0 unspecified atom stereocenters. The summed E-state index contributed by atoms with van der Waals surface area (Å²) in [6, 6.07) is 24.8. The molecule has 5 aromatic rings. The van der Waals surface area contributed by atoms with Crippen LogP contribution in [0.15, 0.2) is 79.0 Å². The van der Waals surface area contributed by atoms with Crippen LogP contribution in [0.5, 0.6) is 0 Å². The normalized spacial score (nSPS) is 11.3. The molecule has 0 bridgehead atoms. The summed E-state index contributed by atoms with van der Waals surface area (Å²) in [6.07, 6.45) is 3.49. The van der Waals surface area contributed by atoms with Crippen LogP contribution in [-0.4, -0.2) is 19.5 Å². The quantitative estimate of drug-likeness (QED) is 0.452. The molecule has 0 saturated heterocycles. The fraction of sp³-hybridized carbons (Fsp3) is 0.125. The van der Waals surface area contributed by atoms with E-state index in [-0.39, 0.29) is 0 Å². The Morgan fingerprint density at radius 1 is 0.750 bits per heavy atom. The minimum atomic E-state index is 0.843. The molecule has 28 heavy (non-hydrogen) atoms. The molecule has 136 valence electrons. The topological polar surface area (TPSA) is 43.6 Å².